The lowest BCUT2D eigenvalue weighted by atomic mass is 9.83. The maximum Gasteiger partial charge on any atom is 0.0948 e. The van der Waals surface area contributed by atoms with Gasteiger partial charge in [0.2, 0.25) is 0 Å². The fourth-order valence-corrected chi connectivity index (χ4v) is 3.28. The van der Waals surface area contributed by atoms with Crippen LogP contribution >= 0.6 is 0 Å². The molecule has 100 valence electrons. The zero-order chi connectivity index (χ0) is 12.4. The highest BCUT2D eigenvalue weighted by atomic mass is 15.1. The molecule has 0 saturated heterocycles. The highest BCUT2D eigenvalue weighted by molar-refractivity contribution is 5.01. The third-order valence-electron chi connectivity index (χ3n) is 4.87. The molecule has 2 aliphatic carbocycles. The van der Waals surface area contributed by atoms with E-state index >= 15 is 0 Å². The van der Waals surface area contributed by atoms with Crippen LogP contribution in [0.2, 0.25) is 0 Å². The van der Waals surface area contributed by atoms with Gasteiger partial charge < -0.3 is 9.88 Å². The minimum atomic E-state index is 0.551. The summed E-state index contributed by atoms with van der Waals surface area (Å²) < 4.78 is 2.39. The van der Waals surface area contributed by atoms with Gasteiger partial charge in [-0.3, -0.25) is 0 Å². The zero-order valence-electron chi connectivity index (χ0n) is 11.5. The molecule has 1 heterocycles. The average Bonchev–Trinajstić information content (AvgIpc) is 2.93. The fourth-order valence-electron chi connectivity index (χ4n) is 3.28. The molecule has 0 aliphatic heterocycles. The van der Waals surface area contributed by atoms with E-state index in [2.05, 4.69) is 21.8 Å². The van der Waals surface area contributed by atoms with Crippen molar-refractivity contribution in [1.82, 2.24) is 14.9 Å². The van der Waals surface area contributed by atoms with E-state index in [1.54, 1.807) is 0 Å². The molecule has 1 aromatic rings. The highest BCUT2D eigenvalue weighted by Gasteiger charge is 2.32. The third kappa shape index (κ3) is 2.61. The lowest BCUT2D eigenvalue weighted by Gasteiger charge is -2.28. The summed E-state index contributed by atoms with van der Waals surface area (Å²) in [6, 6.07) is 0.778. The summed E-state index contributed by atoms with van der Waals surface area (Å²) in [5.41, 5.74) is 1.91. The first-order chi connectivity index (χ1) is 8.81. The number of hydrogen-bond acceptors (Lipinski definition) is 2. The number of nitrogens with one attached hydrogen (secondary N) is 1. The molecular weight excluding hydrogens is 222 g/mol. The van der Waals surface area contributed by atoms with Gasteiger partial charge in [0.05, 0.1) is 12.0 Å². The topological polar surface area (TPSA) is 29.9 Å². The molecule has 3 rings (SSSR count). The van der Waals surface area contributed by atoms with Gasteiger partial charge in [-0.15, -0.1) is 0 Å². The molecule has 3 heteroatoms. The first-order valence-corrected chi connectivity index (χ1v) is 7.54. The van der Waals surface area contributed by atoms with Crippen molar-refractivity contribution < 1.29 is 0 Å². The van der Waals surface area contributed by atoms with Crippen LogP contribution in [0.1, 0.15) is 57.6 Å². The van der Waals surface area contributed by atoms with Gasteiger partial charge in [-0.25, -0.2) is 4.98 Å². The third-order valence-corrected chi connectivity index (χ3v) is 4.87. The number of nitrogens with zero attached hydrogens (tertiary/aromatic N) is 2. The van der Waals surface area contributed by atoms with Crippen molar-refractivity contribution in [3.63, 3.8) is 0 Å². The minimum Gasteiger partial charge on any atom is -0.333 e. The summed E-state index contributed by atoms with van der Waals surface area (Å²) in [5.74, 6) is 0. The number of rotatable bonds is 6. The van der Waals surface area contributed by atoms with Gasteiger partial charge in [0, 0.05) is 25.3 Å². The molecule has 2 saturated carbocycles. The second kappa shape index (κ2) is 5.04. The Labute approximate surface area is 110 Å². The second-order valence-electron chi connectivity index (χ2n) is 6.23. The predicted molar refractivity (Wildman–Crippen MR) is 73.3 cm³/mol. The standard InChI is InChI=1S/C15H25N3/c1-2-15(7-3-4-8-15)11-18-12-16-9-14(18)10-17-13-5-6-13/h9,12-13,17H,2-8,10-11H2,1H3. The quantitative estimate of drug-likeness (QED) is 0.837. The van der Waals surface area contributed by atoms with Gasteiger partial charge in [-0.05, 0) is 37.5 Å². The van der Waals surface area contributed by atoms with Gasteiger partial charge >= 0.3 is 0 Å². The maximum atomic E-state index is 4.35. The number of hydrogen-bond donors (Lipinski definition) is 1. The van der Waals surface area contributed by atoms with Crippen LogP contribution in [0.25, 0.3) is 0 Å². The van der Waals surface area contributed by atoms with Crippen LogP contribution in [0.5, 0.6) is 0 Å². The summed E-state index contributed by atoms with van der Waals surface area (Å²) >= 11 is 0. The molecule has 18 heavy (non-hydrogen) atoms. The van der Waals surface area contributed by atoms with Crippen LogP contribution in [0.4, 0.5) is 0 Å². The SMILES string of the molecule is CCC1(Cn2cncc2CNC2CC2)CCCC1. The second-order valence-corrected chi connectivity index (χ2v) is 6.23. The van der Waals surface area contributed by atoms with Gasteiger partial charge in [0.25, 0.3) is 0 Å². The normalized spacial score (nSPS) is 22.5. The maximum absolute atomic E-state index is 4.35. The van der Waals surface area contributed by atoms with Crippen LogP contribution in [0.3, 0.4) is 0 Å². The van der Waals surface area contributed by atoms with Crippen molar-refractivity contribution >= 4 is 0 Å². The Hall–Kier alpha value is -0.830. The first kappa shape index (κ1) is 12.2. The Bertz CT molecular complexity index is 386. The molecule has 0 aromatic carbocycles. The number of imidazole rings is 1. The van der Waals surface area contributed by atoms with Crippen molar-refractivity contribution in [3.8, 4) is 0 Å². The van der Waals surface area contributed by atoms with Crippen LogP contribution < -0.4 is 5.32 Å². The largest absolute Gasteiger partial charge is 0.333 e. The molecule has 2 aliphatic rings. The molecule has 0 atom stereocenters. The van der Waals surface area contributed by atoms with E-state index in [9.17, 15) is 0 Å². The van der Waals surface area contributed by atoms with Crippen molar-refractivity contribution in [3.05, 3.63) is 18.2 Å². The monoisotopic (exact) mass is 247 g/mol. The lowest BCUT2D eigenvalue weighted by Crippen LogP contribution is -2.25. The molecule has 2 fully saturated rings. The Balaban J connectivity index is 1.65. The van der Waals surface area contributed by atoms with Crippen LogP contribution in [0, 0.1) is 5.41 Å². The van der Waals surface area contributed by atoms with Crippen molar-refractivity contribution in [2.24, 2.45) is 5.41 Å². The summed E-state index contributed by atoms with van der Waals surface area (Å²) in [7, 11) is 0. The highest BCUT2D eigenvalue weighted by Crippen LogP contribution is 2.42. The summed E-state index contributed by atoms with van der Waals surface area (Å²) in [4.78, 5) is 4.35. The van der Waals surface area contributed by atoms with E-state index in [0.717, 1.165) is 12.6 Å². The Kier molecular flexibility index (Phi) is 3.42. The zero-order valence-corrected chi connectivity index (χ0v) is 11.5. The molecule has 0 spiro atoms. The molecular formula is C15H25N3. The van der Waals surface area contributed by atoms with Gasteiger partial charge in [-0.1, -0.05) is 19.8 Å². The van der Waals surface area contributed by atoms with Crippen molar-refractivity contribution in [1.29, 1.82) is 0 Å². The fraction of sp³-hybridized carbons (Fsp3) is 0.800. The minimum absolute atomic E-state index is 0.551. The van der Waals surface area contributed by atoms with Crippen LogP contribution in [-0.4, -0.2) is 15.6 Å². The Morgan fingerprint density at radius 1 is 1.39 bits per heavy atom. The smallest absolute Gasteiger partial charge is 0.0948 e. The molecule has 0 unspecified atom stereocenters. The van der Waals surface area contributed by atoms with Crippen molar-refractivity contribution in [2.75, 3.05) is 0 Å². The summed E-state index contributed by atoms with van der Waals surface area (Å²) in [5, 5.41) is 3.59. The molecule has 0 bridgehead atoms. The summed E-state index contributed by atoms with van der Waals surface area (Å²) in [6.07, 6.45) is 13.7. The Morgan fingerprint density at radius 3 is 2.83 bits per heavy atom. The van der Waals surface area contributed by atoms with E-state index in [4.69, 9.17) is 0 Å². The van der Waals surface area contributed by atoms with E-state index in [1.165, 1.54) is 57.2 Å². The molecule has 1 N–H and O–H groups in total. The number of aromatic nitrogens is 2. The van der Waals surface area contributed by atoms with Crippen LogP contribution in [-0.2, 0) is 13.1 Å². The van der Waals surface area contributed by atoms with Gasteiger partial charge in [0.15, 0.2) is 0 Å². The van der Waals surface area contributed by atoms with E-state index in [1.807, 2.05) is 12.5 Å². The average molecular weight is 247 g/mol. The van der Waals surface area contributed by atoms with Crippen LogP contribution in [0.15, 0.2) is 12.5 Å². The first-order valence-electron chi connectivity index (χ1n) is 7.54. The molecule has 3 nitrogen and oxygen atoms in total. The lowest BCUT2D eigenvalue weighted by molar-refractivity contribution is 0.234. The molecule has 0 radical (unpaired) electrons. The van der Waals surface area contributed by atoms with Gasteiger partial charge in [0.1, 0.15) is 0 Å². The van der Waals surface area contributed by atoms with E-state index in [0.29, 0.717) is 5.41 Å². The molecule has 0 amide bonds. The Morgan fingerprint density at radius 2 is 2.17 bits per heavy atom. The van der Waals surface area contributed by atoms with E-state index < -0.39 is 0 Å². The predicted octanol–water partition coefficient (Wildman–Crippen LogP) is 3.11. The summed E-state index contributed by atoms with van der Waals surface area (Å²) in [6.45, 7) is 4.51. The van der Waals surface area contributed by atoms with E-state index in [-0.39, 0.29) is 0 Å². The molecule has 1 aromatic heterocycles. The van der Waals surface area contributed by atoms with Gasteiger partial charge in [-0.2, -0.15) is 0 Å². The van der Waals surface area contributed by atoms with Crippen molar-refractivity contribution in [2.45, 2.75) is 71.0 Å².